The summed E-state index contributed by atoms with van der Waals surface area (Å²) in [6.45, 7) is 2.12. The first-order chi connectivity index (χ1) is 22.1. The third-order valence-electron chi connectivity index (χ3n) is 8.85. The maximum absolute atomic E-state index is 14.7. The largest absolute Gasteiger partial charge is 0.494 e. The molecule has 3 atom stereocenters. The molecule has 47 heavy (non-hydrogen) atoms. The fourth-order valence-corrected chi connectivity index (χ4v) is 6.32. The highest BCUT2D eigenvalue weighted by molar-refractivity contribution is 6.31. The van der Waals surface area contributed by atoms with Crippen molar-refractivity contribution < 1.29 is 27.9 Å². The number of fused-ring (bicyclic) bond motifs is 1. The maximum Gasteiger partial charge on any atom is 0.247 e. The van der Waals surface area contributed by atoms with Crippen molar-refractivity contribution in [1.82, 2.24) is 25.5 Å². The molecule has 1 saturated heterocycles. The Labute approximate surface area is 283 Å². The molecule has 1 aliphatic carbocycles. The molecule has 15 heteroatoms. The molecule has 0 bridgehead atoms. The Morgan fingerprint density at radius 3 is 2.49 bits per heavy atom. The van der Waals surface area contributed by atoms with E-state index in [1.54, 1.807) is 31.0 Å². The molecule has 5 rings (SSSR count). The van der Waals surface area contributed by atoms with Crippen LogP contribution in [-0.2, 0) is 14.4 Å². The monoisotopic (exact) mass is 693 g/mol. The third kappa shape index (κ3) is 7.85. The van der Waals surface area contributed by atoms with Crippen molar-refractivity contribution in [2.75, 3.05) is 31.3 Å². The van der Waals surface area contributed by atoms with E-state index in [-0.39, 0.29) is 47.3 Å². The summed E-state index contributed by atoms with van der Waals surface area (Å²) < 4.78 is 34.0. The number of amides is 3. The van der Waals surface area contributed by atoms with Gasteiger partial charge in [-0.3, -0.25) is 14.4 Å². The molecule has 3 amide bonds. The zero-order valence-corrected chi connectivity index (χ0v) is 27.9. The number of likely N-dealkylation sites (N-methyl/N-ethyl adjacent to an activating group) is 1. The van der Waals surface area contributed by atoms with Gasteiger partial charge in [0.25, 0.3) is 0 Å². The van der Waals surface area contributed by atoms with E-state index in [9.17, 15) is 23.2 Å². The average molecular weight is 695 g/mol. The first-order valence-electron chi connectivity index (χ1n) is 15.4. The van der Waals surface area contributed by atoms with Crippen molar-refractivity contribution >= 4 is 69.8 Å². The van der Waals surface area contributed by atoms with E-state index in [0.717, 1.165) is 38.2 Å². The molecule has 2 aromatic carbocycles. The molecule has 1 saturated carbocycles. The van der Waals surface area contributed by atoms with Crippen LogP contribution >= 0.6 is 24.0 Å². The lowest BCUT2D eigenvalue weighted by atomic mass is 9.83. The number of methoxy groups -OCH3 is 1. The molecule has 0 unspecified atom stereocenters. The predicted molar refractivity (Wildman–Crippen MR) is 178 cm³/mol. The molecule has 1 aromatic heterocycles. The number of nitrogens with zero attached hydrogens (tertiary/aromatic N) is 3. The van der Waals surface area contributed by atoms with Crippen LogP contribution in [0.15, 0.2) is 30.6 Å². The Bertz CT molecular complexity index is 1630. The van der Waals surface area contributed by atoms with Crippen LogP contribution < -0.4 is 26.0 Å². The fraction of sp³-hybridized carbons (Fsp3) is 0.469. The topological polar surface area (TPSA) is 138 Å². The van der Waals surface area contributed by atoms with Crippen LogP contribution in [0, 0.1) is 17.6 Å². The number of carbonyl (C=O) groups is 3. The highest BCUT2D eigenvalue weighted by atomic mass is 35.5. The van der Waals surface area contributed by atoms with Crippen LogP contribution in [0.1, 0.15) is 51.9 Å². The summed E-state index contributed by atoms with van der Waals surface area (Å²) >= 11 is 5.76. The number of nitrogens with one attached hydrogen (secondary N) is 4. The number of aromatic nitrogens is 2. The van der Waals surface area contributed by atoms with Gasteiger partial charge in [0.15, 0.2) is 5.82 Å². The van der Waals surface area contributed by atoms with E-state index in [1.807, 2.05) is 0 Å². The van der Waals surface area contributed by atoms with Gasteiger partial charge >= 0.3 is 0 Å². The highest BCUT2D eigenvalue weighted by Gasteiger charge is 2.41. The lowest BCUT2D eigenvalue weighted by molar-refractivity contribution is -0.142. The quantitative estimate of drug-likeness (QED) is 0.209. The van der Waals surface area contributed by atoms with Gasteiger partial charge in [0, 0.05) is 18.0 Å². The smallest absolute Gasteiger partial charge is 0.247 e. The van der Waals surface area contributed by atoms with Crippen molar-refractivity contribution in [1.29, 1.82) is 0 Å². The van der Waals surface area contributed by atoms with Crippen LogP contribution in [0.2, 0.25) is 5.02 Å². The van der Waals surface area contributed by atoms with Crippen molar-refractivity contribution in [2.24, 2.45) is 5.92 Å². The summed E-state index contributed by atoms with van der Waals surface area (Å²) in [5.41, 5.74) is 0.617. The number of benzene rings is 2. The molecule has 2 fully saturated rings. The van der Waals surface area contributed by atoms with Gasteiger partial charge < -0.3 is 30.9 Å². The number of hydrogen-bond acceptors (Lipinski definition) is 8. The molecular formula is C32H39Cl2F2N7O4. The van der Waals surface area contributed by atoms with Gasteiger partial charge in [-0.05, 0) is 63.8 Å². The molecule has 3 aromatic rings. The average Bonchev–Trinajstić information content (AvgIpc) is 3.57. The molecule has 2 aliphatic rings. The number of carbonyl (C=O) groups excluding carboxylic acids is 3. The van der Waals surface area contributed by atoms with Gasteiger partial charge in [-0.25, -0.2) is 18.7 Å². The van der Waals surface area contributed by atoms with E-state index >= 15 is 0 Å². The molecule has 0 radical (unpaired) electrons. The minimum Gasteiger partial charge on any atom is -0.494 e. The fourth-order valence-electron chi connectivity index (χ4n) is 6.16. The van der Waals surface area contributed by atoms with Crippen molar-refractivity contribution in [3.63, 3.8) is 0 Å². The van der Waals surface area contributed by atoms with Gasteiger partial charge in [-0.2, -0.15) is 0 Å². The SMILES string of the molecule is CN[C@@H](C)C(=O)N[C@H](C(=O)N1CCC[C@H]1C(=O)Nc1cc2c(Nc3ccc(F)c(Cl)c3F)ncnc2cc1OC)C1CCCCC1.Cl. The van der Waals surface area contributed by atoms with Gasteiger partial charge in [-0.1, -0.05) is 30.9 Å². The van der Waals surface area contributed by atoms with Crippen LogP contribution in [0.5, 0.6) is 5.75 Å². The van der Waals surface area contributed by atoms with Crippen molar-refractivity contribution in [2.45, 2.75) is 70.0 Å². The van der Waals surface area contributed by atoms with Gasteiger partial charge in [0.1, 0.15) is 40.8 Å². The van der Waals surface area contributed by atoms with Crippen molar-refractivity contribution in [3.05, 3.63) is 47.2 Å². The number of hydrogen-bond donors (Lipinski definition) is 4. The zero-order chi connectivity index (χ0) is 33.0. The standard InChI is InChI=1S/C32H38ClF2N7O4.ClH/c1-17(36-2)30(43)41-28(18-8-5-4-6-9-18)32(45)42-13-7-10-24(42)31(44)40-23-14-19-22(15-25(23)46-3)37-16-38-29(19)39-21-12-11-20(34)26(33)27(21)35;/h11-12,14-18,24,28,36H,4-10,13H2,1-3H3,(H,40,44)(H,41,43)(H,37,38,39);1H/t17-,24-,28-;/m0./s1. The van der Waals surface area contributed by atoms with E-state index in [1.165, 1.54) is 19.5 Å². The molecule has 4 N–H and O–H groups in total. The molecule has 11 nitrogen and oxygen atoms in total. The summed E-state index contributed by atoms with van der Waals surface area (Å²) in [6.07, 6.45) is 7.07. The van der Waals surface area contributed by atoms with Gasteiger partial charge in [-0.15, -0.1) is 12.4 Å². The number of rotatable bonds is 10. The summed E-state index contributed by atoms with van der Waals surface area (Å²) in [5.74, 6) is -2.33. The Morgan fingerprint density at radius 2 is 1.79 bits per heavy atom. The minimum atomic E-state index is -0.982. The van der Waals surface area contributed by atoms with Gasteiger partial charge in [0.05, 0.1) is 30.0 Å². The first kappa shape index (κ1) is 36.0. The summed E-state index contributed by atoms with van der Waals surface area (Å²) in [7, 11) is 3.13. The van der Waals surface area contributed by atoms with E-state index in [2.05, 4.69) is 31.2 Å². The maximum atomic E-state index is 14.7. The van der Waals surface area contributed by atoms with Crippen LogP contribution in [0.4, 0.5) is 26.0 Å². The number of anilines is 3. The molecule has 254 valence electrons. The third-order valence-corrected chi connectivity index (χ3v) is 9.20. The van der Waals surface area contributed by atoms with E-state index < -0.39 is 40.7 Å². The van der Waals surface area contributed by atoms with Crippen LogP contribution in [0.25, 0.3) is 10.9 Å². The van der Waals surface area contributed by atoms with Gasteiger partial charge in [0.2, 0.25) is 17.7 Å². The zero-order valence-electron chi connectivity index (χ0n) is 26.4. The van der Waals surface area contributed by atoms with Crippen LogP contribution in [0.3, 0.4) is 0 Å². The Morgan fingerprint density at radius 1 is 1.04 bits per heavy atom. The highest BCUT2D eigenvalue weighted by Crippen LogP contribution is 2.36. The lowest BCUT2D eigenvalue weighted by Crippen LogP contribution is -2.57. The van der Waals surface area contributed by atoms with Crippen LogP contribution in [-0.4, -0.2) is 71.4 Å². The summed E-state index contributed by atoms with van der Waals surface area (Å²) in [4.78, 5) is 50.8. The summed E-state index contributed by atoms with van der Waals surface area (Å²) in [6, 6.07) is 3.45. The number of likely N-dealkylation sites (tertiary alicyclic amines) is 1. The predicted octanol–water partition coefficient (Wildman–Crippen LogP) is 5.34. The number of ether oxygens (including phenoxy) is 1. The second-order valence-electron chi connectivity index (χ2n) is 11.7. The lowest BCUT2D eigenvalue weighted by Gasteiger charge is -2.35. The Kier molecular flexibility index (Phi) is 12.2. The molecule has 2 heterocycles. The first-order valence-corrected chi connectivity index (χ1v) is 15.8. The normalized spacial score (nSPS) is 17.8. The van der Waals surface area contributed by atoms with Crippen molar-refractivity contribution in [3.8, 4) is 5.75 Å². The Balaban J connectivity index is 0.00000500. The Hall–Kier alpha value is -3.81. The molecule has 0 spiro atoms. The minimum absolute atomic E-state index is 0. The molecular weight excluding hydrogens is 655 g/mol. The van der Waals surface area contributed by atoms with E-state index in [0.29, 0.717) is 36.0 Å². The molecule has 1 aliphatic heterocycles. The van der Waals surface area contributed by atoms with E-state index in [4.69, 9.17) is 16.3 Å². The second kappa shape index (κ2) is 15.9. The summed E-state index contributed by atoms with van der Waals surface area (Å²) in [5, 5.41) is 11.4. The number of halogens is 4. The second-order valence-corrected chi connectivity index (χ2v) is 12.1.